The molecule has 0 unspecified atom stereocenters. The molecule has 2 aromatic rings. The lowest BCUT2D eigenvalue weighted by Crippen LogP contribution is -2.33. The van der Waals surface area contributed by atoms with E-state index in [0.717, 1.165) is 31.2 Å². The smallest absolute Gasteiger partial charge is 0.262 e. The van der Waals surface area contributed by atoms with Crippen LogP contribution < -0.4 is 5.32 Å². The highest BCUT2D eigenvalue weighted by atomic mass is 35.5. The van der Waals surface area contributed by atoms with Gasteiger partial charge in [-0.15, -0.1) is 0 Å². The largest absolute Gasteiger partial charge is 0.349 e. The molecular weight excluding hydrogens is 348 g/mol. The van der Waals surface area contributed by atoms with Gasteiger partial charge in [-0.3, -0.25) is 4.79 Å². The van der Waals surface area contributed by atoms with E-state index in [2.05, 4.69) is 10.4 Å². The molecule has 26 heavy (non-hydrogen) atoms. The van der Waals surface area contributed by atoms with Crippen LogP contribution in [0.25, 0.3) is 6.08 Å². The van der Waals surface area contributed by atoms with Crippen LogP contribution in [0.5, 0.6) is 0 Å². The Kier molecular flexibility index (Phi) is 5.75. The van der Waals surface area contributed by atoms with Crippen LogP contribution >= 0.6 is 11.6 Å². The van der Waals surface area contributed by atoms with Gasteiger partial charge in [-0.05, 0) is 31.4 Å². The first-order valence-electron chi connectivity index (χ1n) is 8.78. The number of hydrogen-bond acceptors (Lipinski definition) is 3. The van der Waals surface area contributed by atoms with Crippen molar-refractivity contribution in [3.63, 3.8) is 0 Å². The number of nitriles is 1. The standard InChI is InChI=1S/C20H21ClN4O/c1-14-18(11-16(12-22)20(26)23-17-9-5-6-10-17)19(21)25(24-14)13-15-7-3-2-4-8-15/h2-4,7-8,11,17H,5-6,9-10,13H2,1H3,(H,23,26)/b16-11+. The van der Waals surface area contributed by atoms with Gasteiger partial charge in [-0.1, -0.05) is 54.8 Å². The van der Waals surface area contributed by atoms with E-state index in [1.165, 1.54) is 6.08 Å². The molecule has 1 N–H and O–H groups in total. The molecule has 0 radical (unpaired) electrons. The molecule has 1 amide bonds. The van der Waals surface area contributed by atoms with Crippen molar-refractivity contribution in [1.29, 1.82) is 5.26 Å². The maximum Gasteiger partial charge on any atom is 0.262 e. The minimum atomic E-state index is -0.342. The Morgan fingerprint density at radius 2 is 2.08 bits per heavy atom. The van der Waals surface area contributed by atoms with Crippen LogP contribution in [0.4, 0.5) is 0 Å². The molecule has 5 nitrogen and oxygen atoms in total. The predicted molar refractivity (Wildman–Crippen MR) is 102 cm³/mol. The highest BCUT2D eigenvalue weighted by Crippen LogP contribution is 2.24. The zero-order valence-electron chi connectivity index (χ0n) is 14.7. The van der Waals surface area contributed by atoms with Gasteiger partial charge in [0, 0.05) is 11.6 Å². The number of benzene rings is 1. The molecule has 1 saturated carbocycles. The molecule has 1 aliphatic carbocycles. The fourth-order valence-corrected chi connectivity index (χ4v) is 3.51. The summed E-state index contributed by atoms with van der Waals surface area (Å²) in [7, 11) is 0. The lowest BCUT2D eigenvalue weighted by Gasteiger charge is -2.10. The van der Waals surface area contributed by atoms with Crippen molar-refractivity contribution in [3.8, 4) is 6.07 Å². The summed E-state index contributed by atoms with van der Waals surface area (Å²) in [6.45, 7) is 2.35. The van der Waals surface area contributed by atoms with Gasteiger partial charge < -0.3 is 5.32 Å². The van der Waals surface area contributed by atoms with Gasteiger partial charge >= 0.3 is 0 Å². The zero-order chi connectivity index (χ0) is 18.5. The van der Waals surface area contributed by atoms with Crippen molar-refractivity contribution in [2.45, 2.75) is 45.2 Å². The Balaban J connectivity index is 1.82. The third-order valence-corrected chi connectivity index (χ3v) is 5.03. The van der Waals surface area contributed by atoms with Crippen molar-refractivity contribution >= 4 is 23.6 Å². The van der Waals surface area contributed by atoms with Crippen LogP contribution in [0.1, 0.15) is 42.5 Å². The quantitative estimate of drug-likeness (QED) is 0.643. The van der Waals surface area contributed by atoms with Crippen LogP contribution in [0.15, 0.2) is 35.9 Å². The van der Waals surface area contributed by atoms with E-state index < -0.39 is 0 Å². The van der Waals surface area contributed by atoms with E-state index in [1.54, 1.807) is 4.68 Å². The van der Waals surface area contributed by atoms with Gasteiger partial charge in [-0.2, -0.15) is 10.4 Å². The molecule has 0 saturated heterocycles. The first kappa shape index (κ1) is 18.2. The Hall–Kier alpha value is -2.58. The Bertz CT molecular complexity index is 858. The number of carbonyl (C=O) groups excluding carboxylic acids is 1. The SMILES string of the molecule is Cc1nn(Cc2ccccc2)c(Cl)c1/C=C(\C#N)C(=O)NC1CCCC1. The van der Waals surface area contributed by atoms with Gasteiger partial charge in [0.05, 0.1) is 12.2 Å². The van der Waals surface area contributed by atoms with E-state index >= 15 is 0 Å². The summed E-state index contributed by atoms with van der Waals surface area (Å²) >= 11 is 6.47. The first-order valence-corrected chi connectivity index (χ1v) is 9.15. The van der Waals surface area contributed by atoms with Crippen LogP contribution in [-0.4, -0.2) is 21.7 Å². The second-order valence-electron chi connectivity index (χ2n) is 6.56. The van der Waals surface area contributed by atoms with Crippen molar-refractivity contribution in [2.75, 3.05) is 0 Å². The summed E-state index contributed by atoms with van der Waals surface area (Å²) in [6.07, 6.45) is 5.72. The van der Waals surface area contributed by atoms with E-state index in [9.17, 15) is 10.1 Å². The van der Waals surface area contributed by atoms with Crippen molar-refractivity contribution in [2.24, 2.45) is 0 Å². The average molecular weight is 369 g/mol. The molecule has 3 rings (SSSR count). The summed E-state index contributed by atoms with van der Waals surface area (Å²) in [6, 6.07) is 12.0. The van der Waals surface area contributed by atoms with Crippen LogP contribution in [-0.2, 0) is 11.3 Å². The van der Waals surface area contributed by atoms with Crippen molar-refractivity contribution in [1.82, 2.24) is 15.1 Å². The predicted octanol–water partition coefficient (Wildman–Crippen LogP) is 3.86. The van der Waals surface area contributed by atoms with E-state index in [0.29, 0.717) is 23.0 Å². The Labute approximate surface area is 158 Å². The Morgan fingerprint density at radius 1 is 1.38 bits per heavy atom. The molecule has 1 aromatic carbocycles. The molecule has 6 heteroatoms. The minimum absolute atomic E-state index is 0.0566. The highest BCUT2D eigenvalue weighted by Gasteiger charge is 2.20. The van der Waals surface area contributed by atoms with Crippen molar-refractivity contribution in [3.05, 3.63) is 57.9 Å². The lowest BCUT2D eigenvalue weighted by atomic mass is 10.1. The summed E-state index contributed by atoms with van der Waals surface area (Å²) in [5.74, 6) is -0.342. The highest BCUT2D eigenvalue weighted by molar-refractivity contribution is 6.31. The molecule has 0 bridgehead atoms. The number of aryl methyl sites for hydroxylation is 1. The zero-order valence-corrected chi connectivity index (χ0v) is 15.5. The van der Waals surface area contributed by atoms with Crippen LogP contribution in [0.3, 0.4) is 0 Å². The minimum Gasteiger partial charge on any atom is -0.349 e. The van der Waals surface area contributed by atoms with Crippen LogP contribution in [0.2, 0.25) is 5.15 Å². The molecular formula is C20H21ClN4O. The lowest BCUT2D eigenvalue weighted by molar-refractivity contribution is -0.117. The molecule has 0 atom stereocenters. The monoisotopic (exact) mass is 368 g/mol. The summed E-state index contributed by atoms with van der Waals surface area (Å²) in [5, 5.41) is 17.2. The maximum atomic E-state index is 12.4. The topological polar surface area (TPSA) is 70.7 Å². The summed E-state index contributed by atoms with van der Waals surface area (Å²) < 4.78 is 1.68. The summed E-state index contributed by atoms with van der Waals surface area (Å²) in [5.41, 5.74) is 2.43. The normalized spacial score (nSPS) is 15.0. The maximum absolute atomic E-state index is 12.4. The van der Waals surface area contributed by atoms with Gasteiger partial charge in [0.2, 0.25) is 0 Å². The van der Waals surface area contributed by atoms with Gasteiger partial charge in [0.1, 0.15) is 16.8 Å². The average Bonchev–Trinajstić information content (AvgIpc) is 3.23. The number of halogens is 1. The molecule has 0 spiro atoms. The number of rotatable bonds is 5. The number of amides is 1. The second kappa shape index (κ2) is 8.20. The second-order valence-corrected chi connectivity index (χ2v) is 6.92. The molecule has 134 valence electrons. The number of nitrogens with one attached hydrogen (secondary N) is 1. The molecule has 1 fully saturated rings. The number of hydrogen-bond donors (Lipinski definition) is 1. The van der Waals surface area contributed by atoms with Gasteiger partial charge in [0.25, 0.3) is 5.91 Å². The Morgan fingerprint density at radius 3 is 2.73 bits per heavy atom. The van der Waals surface area contributed by atoms with E-state index in [4.69, 9.17) is 11.6 Å². The molecule has 1 aliphatic rings. The van der Waals surface area contributed by atoms with E-state index in [-0.39, 0.29) is 17.5 Å². The third kappa shape index (κ3) is 4.14. The molecule has 1 aromatic heterocycles. The fraction of sp³-hybridized carbons (Fsp3) is 0.350. The van der Waals surface area contributed by atoms with Gasteiger partial charge in [-0.25, -0.2) is 4.68 Å². The number of carbonyl (C=O) groups is 1. The number of nitrogens with zero attached hydrogens (tertiary/aromatic N) is 3. The van der Waals surface area contributed by atoms with Crippen molar-refractivity contribution < 1.29 is 4.79 Å². The summed E-state index contributed by atoms with van der Waals surface area (Å²) in [4.78, 5) is 12.4. The molecule has 1 heterocycles. The van der Waals surface area contributed by atoms with Crippen LogP contribution in [0, 0.1) is 18.3 Å². The van der Waals surface area contributed by atoms with Gasteiger partial charge in [0.15, 0.2) is 0 Å². The number of aromatic nitrogens is 2. The fourth-order valence-electron chi connectivity index (χ4n) is 3.22. The van der Waals surface area contributed by atoms with E-state index in [1.807, 2.05) is 43.3 Å². The molecule has 0 aliphatic heterocycles. The third-order valence-electron chi connectivity index (χ3n) is 4.63. The first-order chi connectivity index (χ1) is 12.6.